The van der Waals surface area contributed by atoms with Crippen molar-refractivity contribution in [2.24, 2.45) is 0 Å². The Kier molecular flexibility index (Phi) is 2.42. The zero-order valence-electron chi connectivity index (χ0n) is 4.99. The third kappa shape index (κ3) is 5.48. The molecular formula is C7H11. The Morgan fingerprint density at radius 3 is 2.00 bits per heavy atom. The third-order valence-corrected chi connectivity index (χ3v) is 0.581. The molecule has 0 saturated heterocycles. The molecule has 0 aliphatic heterocycles. The van der Waals surface area contributed by atoms with E-state index in [0.29, 0.717) is 0 Å². The Balaban J connectivity index is 3.32. The maximum Gasteiger partial charge on any atom is -0.0114 e. The van der Waals surface area contributed by atoms with E-state index in [1.165, 1.54) is 0 Å². The van der Waals surface area contributed by atoms with E-state index in [0.717, 1.165) is 17.6 Å². The monoisotopic (exact) mass is 95.1 g/mol. The van der Waals surface area contributed by atoms with Crippen LogP contribution >= 0.6 is 0 Å². The van der Waals surface area contributed by atoms with Gasteiger partial charge in [-0.1, -0.05) is 24.3 Å². The summed E-state index contributed by atoms with van der Waals surface area (Å²) in [5, 5.41) is 0. The van der Waals surface area contributed by atoms with Gasteiger partial charge in [-0.2, -0.15) is 0 Å². The highest BCUT2D eigenvalue weighted by Gasteiger charge is 1.82. The highest BCUT2D eigenvalue weighted by Crippen LogP contribution is 2.02. The molecule has 0 rings (SSSR count). The van der Waals surface area contributed by atoms with Gasteiger partial charge < -0.3 is 0 Å². The summed E-state index contributed by atoms with van der Waals surface area (Å²) in [6, 6.07) is 0. The van der Waals surface area contributed by atoms with E-state index >= 15 is 0 Å². The van der Waals surface area contributed by atoms with Crippen LogP contribution in [0.3, 0.4) is 0 Å². The van der Waals surface area contributed by atoms with Gasteiger partial charge in [-0.05, 0) is 20.3 Å². The van der Waals surface area contributed by atoms with Crippen LogP contribution < -0.4 is 0 Å². The Morgan fingerprint density at radius 2 is 2.00 bits per heavy atom. The third-order valence-electron chi connectivity index (χ3n) is 0.581. The average molecular weight is 95.2 g/mol. The normalized spacial score (nSPS) is 8.29. The van der Waals surface area contributed by atoms with Gasteiger partial charge in [0.15, 0.2) is 0 Å². The number of rotatable bonds is 2. The smallest absolute Gasteiger partial charge is 0.0114 e. The predicted molar refractivity (Wildman–Crippen MR) is 32.9 cm³/mol. The highest BCUT2D eigenvalue weighted by atomic mass is 13.9. The van der Waals surface area contributed by atoms with Crippen LogP contribution in [0.15, 0.2) is 17.7 Å². The minimum Gasteiger partial charge on any atom is -0.0998 e. The average Bonchev–Trinajstić information content (AvgIpc) is 1.27. The van der Waals surface area contributed by atoms with Crippen molar-refractivity contribution in [3.63, 3.8) is 0 Å². The topological polar surface area (TPSA) is 0 Å². The first-order chi connectivity index (χ1) is 3.13. The summed E-state index contributed by atoms with van der Waals surface area (Å²) in [5.41, 5.74) is 2.06. The van der Waals surface area contributed by atoms with Crippen LogP contribution in [0.1, 0.15) is 20.3 Å². The standard InChI is InChI=1S/C7H11/c1-6(2)5-7(3)4/h1H,3,5H2,2,4H3. The van der Waals surface area contributed by atoms with Crippen LogP contribution in [0.2, 0.25) is 0 Å². The van der Waals surface area contributed by atoms with E-state index in [-0.39, 0.29) is 0 Å². The SMILES string of the molecule is [CH]=C(C)CC(=C)C. The molecule has 0 aromatic carbocycles. The zero-order valence-corrected chi connectivity index (χ0v) is 4.99. The molecule has 0 unspecified atom stereocenters. The van der Waals surface area contributed by atoms with E-state index in [4.69, 9.17) is 6.58 Å². The molecule has 0 atom stereocenters. The van der Waals surface area contributed by atoms with Crippen molar-refractivity contribution in [1.82, 2.24) is 0 Å². The fourth-order valence-corrected chi connectivity index (χ4v) is 0.476. The van der Waals surface area contributed by atoms with Crippen LogP contribution in [0.25, 0.3) is 0 Å². The lowest BCUT2D eigenvalue weighted by Crippen LogP contribution is -1.72. The maximum atomic E-state index is 5.35. The van der Waals surface area contributed by atoms with Crippen LogP contribution in [-0.4, -0.2) is 0 Å². The van der Waals surface area contributed by atoms with Gasteiger partial charge in [0.1, 0.15) is 0 Å². The minimum absolute atomic E-state index is 0.861. The molecule has 0 aliphatic rings. The Labute approximate surface area is 45.5 Å². The molecule has 0 fully saturated rings. The van der Waals surface area contributed by atoms with E-state index in [2.05, 4.69) is 6.58 Å². The van der Waals surface area contributed by atoms with Crippen molar-refractivity contribution in [1.29, 1.82) is 0 Å². The molecule has 39 valence electrons. The molecule has 0 amide bonds. The summed E-state index contributed by atoms with van der Waals surface area (Å²) in [7, 11) is 0. The van der Waals surface area contributed by atoms with Crippen molar-refractivity contribution in [3.8, 4) is 0 Å². The van der Waals surface area contributed by atoms with Crippen LogP contribution in [0.5, 0.6) is 0 Å². The van der Waals surface area contributed by atoms with E-state index in [1.54, 1.807) is 0 Å². The van der Waals surface area contributed by atoms with Gasteiger partial charge >= 0.3 is 0 Å². The van der Waals surface area contributed by atoms with Crippen LogP contribution in [-0.2, 0) is 0 Å². The summed E-state index contributed by atoms with van der Waals surface area (Å²) < 4.78 is 0. The van der Waals surface area contributed by atoms with E-state index < -0.39 is 0 Å². The molecule has 0 N–H and O–H groups in total. The Hall–Kier alpha value is -0.520. The van der Waals surface area contributed by atoms with Crippen LogP contribution in [0.4, 0.5) is 0 Å². The van der Waals surface area contributed by atoms with Crippen LogP contribution in [0, 0.1) is 6.58 Å². The van der Waals surface area contributed by atoms with Gasteiger partial charge in [0.2, 0.25) is 0 Å². The molecule has 0 nitrogen and oxygen atoms in total. The molecule has 0 spiro atoms. The molecule has 0 aromatic rings. The van der Waals surface area contributed by atoms with Gasteiger partial charge in [-0.15, -0.1) is 0 Å². The van der Waals surface area contributed by atoms with Crippen molar-refractivity contribution in [2.75, 3.05) is 0 Å². The summed E-state index contributed by atoms with van der Waals surface area (Å²) in [6.07, 6.45) is 0.861. The molecule has 0 saturated carbocycles. The van der Waals surface area contributed by atoms with Crippen molar-refractivity contribution in [2.45, 2.75) is 20.3 Å². The van der Waals surface area contributed by atoms with Crippen molar-refractivity contribution in [3.05, 3.63) is 24.3 Å². The van der Waals surface area contributed by atoms with Crippen molar-refractivity contribution >= 4 is 0 Å². The fourth-order valence-electron chi connectivity index (χ4n) is 0.476. The van der Waals surface area contributed by atoms with Crippen molar-refractivity contribution < 1.29 is 0 Å². The molecule has 7 heavy (non-hydrogen) atoms. The lowest BCUT2D eigenvalue weighted by atomic mass is 10.1. The Morgan fingerprint density at radius 1 is 1.57 bits per heavy atom. The summed E-state index contributed by atoms with van der Waals surface area (Å²) in [6.45, 7) is 12.9. The van der Waals surface area contributed by atoms with Gasteiger partial charge in [0.05, 0.1) is 0 Å². The van der Waals surface area contributed by atoms with Gasteiger partial charge in [0, 0.05) is 0 Å². The maximum absolute atomic E-state index is 5.35. The second kappa shape index (κ2) is 2.62. The van der Waals surface area contributed by atoms with Gasteiger partial charge in [-0.25, -0.2) is 0 Å². The minimum atomic E-state index is 0.861. The summed E-state index contributed by atoms with van der Waals surface area (Å²) in [5.74, 6) is 0. The first-order valence-corrected chi connectivity index (χ1v) is 2.35. The molecule has 0 bridgehead atoms. The molecular weight excluding hydrogens is 84.1 g/mol. The summed E-state index contributed by atoms with van der Waals surface area (Å²) >= 11 is 0. The first-order valence-electron chi connectivity index (χ1n) is 2.35. The van der Waals surface area contributed by atoms with E-state index in [1.807, 2.05) is 13.8 Å². The predicted octanol–water partition coefficient (Wildman–Crippen LogP) is 2.33. The lowest BCUT2D eigenvalue weighted by molar-refractivity contribution is 1.12. The van der Waals surface area contributed by atoms with Gasteiger partial charge in [-0.3, -0.25) is 0 Å². The quantitative estimate of drug-likeness (QED) is 0.462. The molecule has 1 radical (unpaired) electrons. The molecule has 0 heterocycles. The zero-order chi connectivity index (χ0) is 5.86. The van der Waals surface area contributed by atoms with E-state index in [9.17, 15) is 0 Å². The largest absolute Gasteiger partial charge is 0.0998 e. The Bertz CT molecular complexity index is 76.2. The first kappa shape index (κ1) is 6.48. The molecule has 0 aromatic heterocycles. The second-order valence-electron chi connectivity index (χ2n) is 1.98. The highest BCUT2D eigenvalue weighted by molar-refractivity contribution is 5.02. The molecule has 0 heteroatoms. The summed E-state index contributed by atoms with van der Waals surface area (Å²) in [4.78, 5) is 0. The molecule has 0 aliphatic carbocycles. The number of allylic oxidation sites excluding steroid dienone is 2. The fraction of sp³-hybridized carbons (Fsp3) is 0.429. The lowest BCUT2D eigenvalue weighted by Gasteiger charge is -1.92. The number of hydrogen-bond donors (Lipinski definition) is 0. The number of hydrogen-bond acceptors (Lipinski definition) is 0. The van der Waals surface area contributed by atoms with Gasteiger partial charge in [0.25, 0.3) is 0 Å². The second-order valence-corrected chi connectivity index (χ2v) is 1.98.